The predicted molar refractivity (Wildman–Crippen MR) is 68.6 cm³/mol. The van der Waals surface area contributed by atoms with E-state index in [9.17, 15) is 5.11 Å². The summed E-state index contributed by atoms with van der Waals surface area (Å²) in [5.74, 6) is 0. The van der Waals surface area contributed by atoms with Crippen LogP contribution in [-0.4, -0.2) is 48.3 Å². The normalized spacial score (nSPS) is 23.2. The fourth-order valence-electron chi connectivity index (χ4n) is 2.40. The smallest absolute Gasteiger partial charge is 0.0586 e. The summed E-state index contributed by atoms with van der Waals surface area (Å²) in [6.45, 7) is 12.6. The molecule has 1 heterocycles. The summed E-state index contributed by atoms with van der Waals surface area (Å²) in [4.78, 5) is 2.45. The van der Waals surface area contributed by atoms with E-state index in [1.807, 2.05) is 0 Å². The molecule has 1 aliphatic heterocycles. The molecular formula is C13H28N2O. The van der Waals surface area contributed by atoms with Gasteiger partial charge >= 0.3 is 0 Å². The van der Waals surface area contributed by atoms with E-state index in [-0.39, 0.29) is 5.41 Å². The topological polar surface area (TPSA) is 35.5 Å². The SMILES string of the molecule is CC(C)NCC(C)(C)CN1CCCC1CO. The maximum absolute atomic E-state index is 9.29. The zero-order valence-electron chi connectivity index (χ0n) is 11.3. The lowest BCUT2D eigenvalue weighted by atomic mass is 9.92. The van der Waals surface area contributed by atoms with Crippen molar-refractivity contribution in [3.05, 3.63) is 0 Å². The number of likely N-dealkylation sites (tertiary alicyclic amines) is 1. The summed E-state index contributed by atoms with van der Waals surface area (Å²) in [7, 11) is 0. The minimum atomic E-state index is 0.280. The summed E-state index contributed by atoms with van der Waals surface area (Å²) in [5.41, 5.74) is 0.280. The lowest BCUT2D eigenvalue weighted by Gasteiger charge is -2.34. The van der Waals surface area contributed by atoms with Gasteiger partial charge in [-0.3, -0.25) is 4.90 Å². The van der Waals surface area contributed by atoms with Crippen LogP contribution in [0.15, 0.2) is 0 Å². The van der Waals surface area contributed by atoms with Crippen LogP contribution in [0.1, 0.15) is 40.5 Å². The first-order valence-corrected chi connectivity index (χ1v) is 6.53. The molecule has 1 fully saturated rings. The van der Waals surface area contributed by atoms with E-state index in [1.54, 1.807) is 0 Å². The molecule has 3 nitrogen and oxygen atoms in total. The molecule has 0 bridgehead atoms. The van der Waals surface area contributed by atoms with E-state index < -0.39 is 0 Å². The van der Waals surface area contributed by atoms with Crippen molar-refractivity contribution in [2.75, 3.05) is 26.2 Å². The minimum absolute atomic E-state index is 0.280. The molecule has 1 unspecified atom stereocenters. The van der Waals surface area contributed by atoms with Gasteiger partial charge in [-0.1, -0.05) is 27.7 Å². The van der Waals surface area contributed by atoms with Gasteiger partial charge in [-0.25, -0.2) is 0 Å². The molecule has 0 saturated carbocycles. The lowest BCUT2D eigenvalue weighted by molar-refractivity contribution is 0.115. The zero-order valence-corrected chi connectivity index (χ0v) is 11.3. The summed E-state index contributed by atoms with van der Waals surface area (Å²) >= 11 is 0. The molecule has 0 aliphatic carbocycles. The Morgan fingerprint density at radius 2 is 2.12 bits per heavy atom. The Balaban J connectivity index is 2.38. The quantitative estimate of drug-likeness (QED) is 0.722. The van der Waals surface area contributed by atoms with E-state index >= 15 is 0 Å². The maximum Gasteiger partial charge on any atom is 0.0586 e. The van der Waals surface area contributed by atoms with Crippen LogP contribution in [-0.2, 0) is 0 Å². The highest BCUT2D eigenvalue weighted by atomic mass is 16.3. The van der Waals surface area contributed by atoms with E-state index in [4.69, 9.17) is 0 Å². The number of nitrogens with one attached hydrogen (secondary N) is 1. The highest BCUT2D eigenvalue weighted by Gasteiger charge is 2.29. The first-order valence-electron chi connectivity index (χ1n) is 6.53. The summed E-state index contributed by atoms with van der Waals surface area (Å²) < 4.78 is 0. The van der Waals surface area contributed by atoms with Gasteiger partial charge in [0.05, 0.1) is 6.61 Å². The predicted octanol–water partition coefficient (Wildman–Crippen LogP) is 1.47. The molecule has 0 amide bonds. The molecule has 0 aromatic heterocycles. The van der Waals surface area contributed by atoms with Gasteiger partial charge in [-0.05, 0) is 24.8 Å². The van der Waals surface area contributed by atoms with Crippen LogP contribution in [0.2, 0.25) is 0 Å². The molecule has 1 saturated heterocycles. The molecule has 1 rings (SSSR count). The van der Waals surface area contributed by atoms with Crippen molar-refractivity contribution in [3.63, 3.8) is 0 Å². The lowest BCUT2D eigenvalue weighted by Crippen LogP contribution is -2.44. The van der Waals surface area contributed by atoms with Crippen LogP contribution in [0, 0.1) is 5.41 Å². The first-order chi connectivity index (χ1) is 7.44. The number of hydrogen-bond donors (Lipinski definition) is 2. The van der Waals surface area contributed by atoms with Gasteiger partial charge in [-0.2, -0.15) is 0 Å². The van der Waals surface area contributed by atoms with Crippen molar-refractivity contribution < 1.29 is 5.11 Å². The largest absolute Gasteiger partial charge is 0.395 e. The van der Waals surface area contributed by atoms with Gasteiger partial charge in [0.2, 0.25) is 0 Å². The van der Waals surface area contributed by atoms with Gasteiger partial charge in [0.25, 0.3) is 0 Å². The number of nitrogens with zero attached hydrogens (tertiary/aromatic N) is 1. The van der Waals surface area contributed by atoms with Gasteiger partial charge in [0.15, 0.2) is 0 Å². The van der Waals surface area contributed by atoms with Crippen LogP contribution in [0.3, 0.4) is 0 Å². The number of aliphatic hydroxyl groups is 1. The van der Waals surface area contributed by atoms with Crippen LogP contribution in [0.4, 0.5) is 0 Å². The monoisotopic (exact) mass is 228 g/mol. The van der Waals surface area contributed by atoms with Gasteiger partial charge in [-0.15, -0.1) is 0 Å². The van der Waals surface area contributed by atoms with Crippen molar-refractivity contribution in [2.45, 2.75) is 52.6 Å². The Morgan fingerprint density at radius 3 is 2.69 bits per heavy atom. The summed E-state index contributed by atoms with van der Waals surface area (Å²) in [6.07, 6.45) is 2.39. The van der Waals surface area contributed by atoms with Crippen molar-refractivity contribution in [2.24, 2.45) is 5.41 Å². The minimum Gasteiger partial charge on any atom is -0.395 e. The molecule has 3 heteroatoms. The third kappa shape index (κ3) is 4.40. The van der Waals surface area contributed by atoms with E-state index in [2.05, 4.69) is 37.9 Å². The van der Waals surface area contributed by atoms with E-state index in [1.165, 1.54) is 6.42 Å². The molecule has 2 N–H and O–H groups in total. The van der Waals surface area contributed by atoms with Crippen molar-refractivity contribution in [1.29, 1.82) is 0 Å². The second-order valence-electron chi connectivity index (χ2n) is 6.15. The number of aliphatic hydroxyl groups excluding tert-OH is 1. The molecule has 0 aromatic rings. The molecule has 0 spiro atoms. The second kappa shape index (κ2) is 5.99. The zero-order chi connectivity index (χ0) is 12.2. The Kier molecular flexibility index (Phi) is 5.22. The highest BCUT2D eigenvalue weighted by molar-refractivity contribution is 4.84. The fraction of sp³-hybridized carbons (Fsp3) is 1.00. The van der Waals surface area contributed by atoms with Gasteiger partial charge in [0.1, 0.15) is 0 Å². The molecule has 1 aliphatic rings. The van der Waals surface area contributed by atoms with E-state index in [0.717, 1.165) is 26.1 Å². The van der Waals surface area contributed by atoms with Crippen molar-refractivity contribution in [3.8, 4) is 0 Å². The molecule has 0 aromatic carbocycles. The molecular weight excluding hydrogens is 200 g/mol. The molecule has 1 atom stereocenters. The fourth-order valence-corrected chi connectivity index (χ4v) is 2.40. The summed E-state index contributed by atoms with van der Waals surface area (Å²) in [5, 5.41) is 12.8. The standard InChI is InChI=1S/C13H28N2O/c1-11(2)14-9-13(3,4)10-15-7-5-6-12(15)8-16/h11-12,14,16H,5-10H2,1-4H3. The van der Waals surface area contributed by atoms with Crippen LogP contribution < -0.4 is 5.32 Å². The Hall–Kier alpha value is -0.120. The van der Waals surface area contributed by atoms with Crippen LogP contribution in [0.5, 0.6) is 0 Å². The molecule has 96 valence electrons. The Morgan fingerprint density at radius 1 is 1.44 bits per heavy atom. The van der Waals surface area contributed by atoms with Crippen molar-refractivity contribution >= 4 is 0 Å². The van der Waals surface area contributed by atoms with Gasteiger partial charge < -0.3 is 10.4 Å². The van der Waals surface area contributed by atoms with Crippen LogP contribution >= 0.6 is 0 Å². The Labute approximate surface area is 100 Å². The average Bonchev–Trinajstić information content (AvgIpc) is 2.61. The number of hydrogen-bond acceptors (Lipinski definition) is 3. The van der Waals surface area contributed by atoms with E-state index in [0.29, 0.717) is 18.7 Å². The van der Waals surface area contributed by atoms with Crippen LogP contribution in [0.25, 0.3) is 0 Å². The second-order valence-corrected chi connectivity index (χ2v) is 6.15. The highest BCUT2D eigenvalue weighted by Crippen LogP contribution is 2.23. The Bertz CT molecular complexity index is 204. The van der Waals surface area contributed by atoms with Crippen molar-refractivity contribution in [1.82, 2.24) is 10.2 Å². The molecule has 16 heavy (non-hydrogen) atoms. The summed E-state index contributed by atoms with van der Waals surface area (Å²) in [6, 6.07) is 0.949. The third-order valence-electron chi connectivity index (χ3n) is 3.33. The van der Waals surface area contributed by atoms with Gasteiger partial charge in [0, 0.05) is 25.2 Å². The molecule has 0 radical (unpaired) electrons. The average molecular weight is 228 g/mol. The number of rotatable bonds is 6. The maximum atomic E-state index is 9.29. The third-order valence-corrected chi connectivity index (χ3v) is 3.33. The first kappa shape index (κ1) is 13.9.